The van der Waals surface area contributed by atoms with E-state index in [4.69, 9.17) is 10.3 Å². The molecule has 1 aromatic heterocycles. The van der Waals surface area contributed by atoms with Crippen LogP contribution in [0, 0.1) is 13.8 Å². The van der Waals surface area contributed by atoms with Gasteiger partial charge in [0.25, 0.3) is 0 Å². The second-order valence-corrected chi connectivity index (χ2v) is 5.32. The lowest BCUT2D eigenvalue weighted by Crippen LogP contribution is -2.29. The highest BCUT2D eigenvalue weighted by Gasteiger charge is 2.13. The Hall–Kier alpha value is -1.10. The number of hydrogen-bond donors (Lipinski definition) is 2. The van der Waals surface area contributed by atoms with Gasteiger partial charge in [-0.2, -0.15) is 0 Å². The van der Waals surface area contributed by atoms with E-state index < -0.39 is 0 Å². The molecule has 1 aromatic carbocycles. The number of rotatable bonds is 4. The molecule has 4 heteroatoms. The first-order chi connectivity index (χ1) is 8.61. The molecule has 0 aliphatic carbocycles. The number of hydrogen-bond acceptors (Lipinski definition) is 3. The topological polar surface area (TPSA) is 51.2 Å². The highest BCUT2D eigenvalue weighted by atomic mass is 79.9. The van der Waals surface area contributed by atoms with Crippen molar-refractivity contribution >= 4 is 15.9 Å². The van der Waals surface area contributed by atoms with Crippen LogP contribution in [-0.2, 0) is 6.42 Å². The van der Waals surface area contributed by atoms with Gasteiger partial charge in [-0.25, -0.2) is 0 Å². The van der Waals surface area contributed by atoms with Crippen LogP contribution in [0.1, 0.15) is 28.3 Å². The van der Waals surface area contributed by atoms with Crippen molar-refractivity contribution < 1.29 is 4.42 Å². The predicted octanol–water partition coefficient (Wildman–Crippen LogP) is 3.41. The van der Waals surface area contributed by atoms with E-state index in [-0.39, 0.29) is 6.04 Å². The summed E-state index contributed by atoms with van der Waals surface area (Å²) >= 11 is 3.58. The van der Waals surface area contributed by atoms with E-state index in [1.165, 1.54) is 16.7 Å². The lowest BCUT2D eigenvalue weighted by atomic mass is 9.97. The minimum atomic E-state index is 0.0908. The van der Waals surface area contributed by atoms with Crippen molar-refractivity contribution in [2.75, 3.05) is 0 Å². The molecule has 0 amide bonds. The van der Waals surface area contributed by atoms with Crippen LogP contribution in [0.3, 0.4) is 0 Å². The SMILES string of the molecule is Cc1cc(C(Cc2ccoc2)NN)cc(C)c1Br. The highest BCUT2D eigenvalue weighted by Crippen LogP contribution is 2.27. The number of hydrazine groups is 1. The second kappa shape index (κ2) is 5.69. The molecule has 3 N–H and O–H groups in total. The average Bonchev–Trinajstić information content (AvgIpc) is 2.85. The number of nitrogens with one attached hydrogen (secondary N) is 1. The van der Waals surface area contributed by atoms with Crippen molar-refractivity contribution in [2.45, 2.75) is 26.3 Å². The van der Waals surface area contributed by atoms with Crippen LogP contribution in [0.4, 0.5) is 0 Å². The zero-order chi connectivity index (χ0) is 13.1. The largest absolute Gasteiger partial charge is 0.472 e. The molecule has 0 fully saturated rings. The van der Waals surface area contributed by atoms with Gasteiger partial charge in [-0.3, -0.25) is 11.3 Å². The minimum absolute atomic E-state index is 0.0908. The van der Waals surface area contributed by atoms with Crippen LogP contribution in [0.2, 0.25) is 0 Å². The van der Waals surface area contributed by atoms with Crippen molar-refractivity contribution in [1.29, 1.82) is 0 Å². The van der Waals surface area contributed by atoms with E-state index in [1.54, 1.807) is 12.5 Å². The summed E-state index contributed by atoms with van der Waals surface area (Å²) in [5.41, 5.74) is 7.64. The van der Waals surface area contributed by atoms with Gasteiger partial charge < -0.3 is 4.42 Å². The second-order valence-electron chi connectivity index (χ2n) is 4.52. The highest BCUT2D eigenvalue weighted by molar-refractivity contribution is 9.10. The van der Waals surface area contributed by atoms with Gasteiger partial charge in [0.2, 0.25) is 0 Å². The molecule has 0 spiro atoms. The van der Waals surface area contributed by atoms with Crippen molar-refractivity contribution in [3.8, 4) is 0 Å². The third-order valence-electron chi connectivity index (χ3n) is 3.08. The van der Waals surface area contributed by atoms with Crippen molar-refractivity contribution in [3.05, 3.63) is 57.5 Å². The Morgan fingerprint density at radius 3 is 2.50 bits per heavy atom. The van der Waals surface area contributed by atoms with E-state index in [9.17, 15) is 0 Å². The molecule has 1 heterocycles. The molecule has 0 radical (unpaired) electrons. The Morgan fingerprint density at radius 1 is 1.33 bits per heavy atom. The fourth-order valence-electron chi connectivity index (χ4n) is 2.10. The first-order valence-corrected chi connectivity index (χ1v) is 6.65. The van der Waals surface area contributed by atoms with E-state index >= 15 is 0 Å². The van der Waals surface area contributed by atoms with Crippen LogP contribution in [-0.4, -0.2) is 0 Å². The number of benzene rings is 1. The van der Waals surface area contributed by atoms with Crippen LogP contribution < -0.4 is 11.3 Å². The van der Waals surface area contributed by atoms with E-state index in [1.807, 2.05) is 6.07 Å². The molecule has 96 valence electrons. The van der Waals surface area contributed by atoms with Crippen LogP contribution in [0.5, 0.6) is 0 Å². The summed E-state index contributed by atoms with van der Waals surface area (Å²) in [6.07, 6.45) is 4.25. The quantitative estimate of drug-likeness (QED) is 0.672. The van der Waals surface area contributed by atoms with Crippen molar-refractivity contribution in [2.24, 2.45) is 5.84 Å². The molecule has 2 aromatic rings. The average molecular weight is 309 g/mol. The van der Waals surface area contributed by atoms with Gasteiger partial charge in [-0.15, -0.1) is 0 Å². The fourth-order valence-corrected chi connectivity index (χ4v) is 2.33. The first kappa shape index (κ1) is 13.3. The predicted molar refractivity (Wildman–Crippen MR) is 76.1 cm³/mol. The summed E-state index contributed by atoms with van der Waals surface area (Å²) in [6.45, 7) is 4.18. The first-order valence-electron chi connectivity index (χ1n) is 5.85. The van der Waals surface area contributed by atoms with E-state index in [2.05, 4.69) is 47.3 Å². The fraction of sp³-hybridized carbons (Fsp3) is 0.286. The molecule has 0 saturated heterocycles. The molecule has 0 bridgehead atoms. The van der Waals surface area contributed by atoms with Gasteiger partial charge in [-0.05, 0) is 48.6 Å². The number of nitrogens with two attached hydrogens (primary N) is 1. The Labute approximate surface area is 115 Å². The molecule has 0 aliphatic heterocycles. The summed E-state index contributed by atoms with van der Waals surface area (Å²) in [5, 5.41) is 0. The summed E-state index contributed by atoms with van der Waals surface area (Å²) in [6, 6.07) is 6.36. The number of furan rings is 1. The van der Waals surface area contributed by atoms with Gasteiger partial charge in [-0.1, -0.05) is 28.1 Å². The molecule has 18 heavy (non-hydrogen) atoms. The Balaban J connectivity index is 2.27. The summed E-state index contributed by atoms with van der Waals surface area (Å²) in [4.78, 5) is 0. The van der Waals surface area contributed by atoms with Crippen LogP contribution in [0.25, 0.3) is 0 Å². The Morgan fingerprint density at radius 2 is 2.00 bits per heavy atom. The zero-order valence-electron chi connectivity index (χ0n) is 10.5. The lowest BCUT2D eigenvalue weighted by molar-refractivity contribution is 0.535. The molecule has 2 rings (SSSR count). The van der Waals surface area contributed by atoms with Gasteiger partial charge >= 0.3 is 0 Å². The van der Waals surface area contributed by atoms with Gasteiger partial charge in [0.05, 0.1) is 18.6 Å². The van der Waals surface area contributed by atoms with Gasteiger partial charge in [0.1, 0.15) is 0 Å². The smallest absolute Gasteiger partial charge is 0.0935 e. The standard InChI is InChI=1S/C14H17BrN2O/c1-9-5-12(6-10(2)14(9)15)13(17-16)7-11-3-4-18-8-11/h3-6,8,13,17H,7,16H2,1-2H3. The molecular weight excluding hydrogens is 292 g/mol. The maximum absolute atomic E-state index is 5.67. The molecule has 1 unspecified atom stereocenters. The third-order valence-corrected chi connectivity index (χ3v) is 4.33. The van der Waals surface area contributed by atoms with E-state index in [0.29, 0.717) is 0 Å². The normalized spacial score (nSPS) is 12.7. The molecule has 0 aliphatic rings. The minimum Gasteiger partial charge on any atom is -0.472 e. The Bertz CT molecular complexity index is 500. The molecular formula is C14H17BrN2O. The van der Waals surface area contributed by atoms with Crippen molar-refractivity contribution in [1.82, 2.24) is 5.43 Å². The monoisotopic (exact) mass is 308 g/mol. The third kappa shape index (κ3) is 2.83. The maximum Gasteiger partial charge on any atom is 0.0935 e. The number of halogens is 1. The lowest BCUT2D eigenvalue weighted by Gasteiger charge is -2.17. The van der Waals surface area contributed by atoms with E-state index in [0.717, 1.165) is 16.5 Å². The van der Waals surface area contributed by atoms with Crippen LogP contribution >= 0.6 is 15.9 Å². The van der Waals surface area contributed by atoms with Gasteiger partial charge in [0.15, 0.2) is 0 Å². The zero-order valence-corrected chi connectivity index (χ0v) is 12.1. The summed E-state index contributed by atoms with van der Waals surface area (Å²) < 4.78 is 6.24. The van der Waals surface area contributed by atoms with Gasteiger partial charge in [0, 0.05) is 4.47 Å². The molecule has 3 nitrogen and oxygen atoms in total. The van der Waals surface area contributed by atoms with Crippen LogP contribution in [0.15, 0.2) is 39.6 Å². The van der Waals surface area contributed by atoms with Crippen molar-refractivity contribution in [3.63, 3.8) is 0 Å². The number of aryl methyl sites for hydroxylation is 2. The maximum atomic E-state index is 5.67. The Kier molecular flexibility index (Phi) is 4.22. The molecule has 0 saturated carbocycles. The summed E-state index contributed by atoms with van der Waals surface area (Å²) in [5.74, 6) is 5.67. The molecule has 1 atom stereocenters. The summed E-state index contributed by atoms with van der Waals surface area (Å²) in [7, 11) is 0.